The SMILES string of the molecule is COC(=O)CN(Cc1cn(COCC[Si](C)(C)C)c2cccc(N(CC(C)=O)S(=O)(=O)c3ccc(OC)cc3)c12)S(=O)(=O)c1ccc(OC)cc1. The van der Waals surface area contributed by atoms with Gasteiger partial charge in [0.05, 0.1) is 48.9 Å². The van der Waals surface area contributed by atoms with E-state index in [1.165, 1.54) is 69.7 Å². The summed E-state index contributed by atoms with van der Waals surface area (Å²) >= 11 is 0. The van der Waals surface area contributed by atoms with Crippen molar-refractivity contribution in [3.05, 3.63) is 78.5 Å². The van der Waals surface area contributed by atoms with Gasteiger partial charge in [0.15, 0.2) is 0 Å². The van der Waals surface area contributed by atoms with Crippen LogP contribution in [0.5, 0.6) is 11.5 Å². The van der Waals surface area contributed by atoms with Crippen LogP contribution in [0.1, 0.15) is 12.5 Å². The van der Waals surface area contributed by atoms with E-state index in [0.29, 0.717) is 34.6 Å². The highest BCUT2D eigenvalue weighted by Crippen LogP contribution is 2.36. The quantitative estimate of drug-likeness (QED) is 0.0760. The molecule has 0 saturated heterocycles. The number of Topliss-reactive ketones (excluding diaryl/α,β-unsaturated/α-hetero) is 1. The molecule has 0 amide bonds. The summed E-state index contributed by atoms with van der Waals surface area (Å²) in [6.07, 6.45) is 1.68. The van der Waals surface area contributed by atoms with E-state index in [1.54, 1.807) is 29.0 Å². The number of esters is 1. The molecule has 1 heterocycles. The molecule has 1 aromatic heterocycles. The standard InChI is InChI=1S/C35H45N3O10S2Si/c1-26(39)21-38(50(43,44)31-17-13-29(46-3)14-18-31)33-10-8-9-32-35(33)27(22-36(32)25-48-19-20-51(5,6)7)23-37(24-34(40)47-4)49(41,42)30-15-11-28(45-2)12-16-30/h8-18,22H,19-21,23-25H2,1-7H3. The van der Waals surface area contributed by atoms with Gasteiger partial charge in [0.25, 0.3) is 10.0 Å². The molecule has 51 heavy (non-hydrogen) atoms. The van der Waals surface area contributed by atoms with Gasteiger partial charge in [-0.25, -0.2) is 16.8 Å². The predicted octanol–water partition coefficient (Wildman–Crippen LogP) is 5.12. The summed E-state index contributed by atoms with van der Waals surface area (Å²) in [5.41, 5.74) is 1.05. The molecule has 0 aliphatic carbocycles. The molecule has 16 heteroatoms. The van der Waals surface area contributed by atoms with Gasteiger partial charge < -0.3 is 23.5 Å². The minimum Gasteiger partial charge on any atom is -0.497 e. The smallest absolute Gasteiger partial charge is 0.321 e. The number of aromatic nitrogens is 1. The van der Waals surface area contributed by atoms with Crippen molar-refractivity contribution >= 4 is 56.5 Å². The number of sulfonamides is 2. The Morgan fingerprint density at radius 3 is 1.86 bits per heavy atom. The number of carbonyl (C=O) groups is 2. The topological polar surface area (TPSA) is 151 Å². The summed E-state index contributed by atoms with van der Waals surface area (Å²) in [5, 5.41) is 0.365. The van der Waals surface area contributed by atoms with Crippen LogP contribution in [0.15, 0.2) is 82.7 Å². The Morgan fingerprint density at radius 2 is 1.35 bits per heavy atom. The van der Waals surface area contributed by atoms with Gasteiger partial charge in [-0.2, -0.15) is 4.31 Å². The highest BCUT2D eigenvalue weighted by atomic mass is 32.2. The number of fused-ring (bicyclic) bond motifs is 1. The normalized spacial score (nSPS) is 12.2. The van der Waals surface area contributed by atoms with Gasteiger partial charge in [0, 0.05) is 32.8 Å². The molecule has 0 fully saturated rings. The third-order valence-electron chi connectivity index (χ3n) is 8.05. The Balaban J connectivity index is 1.92. The summed E-state index contributed by atoms with van der Waals surface area (Å²) in [6.45, 7) is 7.09. The van der Waals surface area contributed by atoms with E-state index in [4.69, 9.17) is 18.9 Å². The fourth-order valence-electron chi connectivity index (χ4n) is 5.29. The summed E-state index contributed by atoms with van der Waals surface area (Å²) in [6, 6.07) is 17.4. The number of carbonyl (C=O) groups excluding carboxylic acids is 2. The minimum atomic E-state index is -4.34. The van der Waals surface area contributed by atoms with Gasteiger partial charge in [-0.3, -0.25) is 13.9 Å². The van der Waals surface area contributed by atoms with E-state index in [0.717, 1.165) is 21.8 Å². The molecular formula is C35H45N3O10S2Si. The number of rotatable bonds is 18. The van der Waals surface area contributed by atoms with Crippen molar-refractivity contribution in [2.75, 3.05) is 45.3 Å². The van der Waals surface area contributed by atoms with Gasteiger partial charge in [0.1, 0.15) is 30.6 Å². The molecule has 0 unspecified atom stereocenters. The zero-order valence-electron chi connectivity index (χ0n) is 29.9. The zero-order valence-corrected chi connectivity index (χ0v) is 32.5. The number of ketones is 1. The molecule has 276 valence electrons. The Kier molecular flexibility index (Phi) is 12.7. The third-order valence-corrected chi connectivity index (χ3v) is 13.3. The first-order valence-corrected chi connectivity index (χ1v) is 22.7. The van der Waals surface area contributed by atoms with E-state index in [2.05, 4.69) is 19.6 Å². The first kappa shape index (κ1) is 39.6. The van der Waals surface area contributed by atoms with Gasteiger partial charge >= 0.3 is 5.97 Å². The van der Waals surface area contributed by atoms with Crippen molar-refractivity contribution in [1.82, 2.24) is 8.87 Å². The van der Waals surface area contributed by atoms with E-state index in [1.807, 2.05) is 0 Å². The number of nitrogens with zero attached hydrogens (tertiary/aromatic N) is 3. The first-order chi connectivity index (χ1) is 24.0. The molecule has 0 aliphatic rings. The second kappa shape index (κ2) is 16.4. The second-order valence-corrected chi connectivity index (χ2v) is 22.5. The average molecular weight is 760 g/mol. The van der Waals surface area contributed by atoms with Crippen LogP contribution in [-0.4, -0.2) is 86.6 Å². The molecule has 0 radical (unpaired) electrons. The Labute approximate surface area is 300 Å². The van der Waals surface area contributed by atoms with Crippen LogP contribution in [0.3, 0.4) is 0 Å². The number of anilines is 1. The number of benzene rings is 3. The number of hydrogen-bond donors (Lipinski definition) is 0. The molecule has 0 bridgehead atoms. The fourth-order valence-corrected chi connectivity index (χ4v) is 8.91. The zero-order chi connectivity index (χ0) is 37.6. The molecule has 0 N–H and O–H groups in total. The summed E-state index contributed by atoms with van der Waals surface area (Å²) in [7, 11) is -5.99. The summed E-state index contributed by atoms with van der Waals surface area (Å²) in [5.74, 6) is -0.328. The summed E-state index contributed by atoms with van der Waals surface area (Å²) < 4.78 is 81.8. The van der Waals surface area contributed by atoms with Crippen molar-refractivity contribution in [1.29, 1.82) is 0 Å². The number of methoxy groups -OCH3 is 3. The molecule has 0 aliphatic heterocycles. The number of hydrogen-bond acceptors (Lipinski definition) is 10. The maximum atomic E-state index is 14.3. The first-order valence-electron chi connectivity index (χ1n) is 16.1. The second-order valence-electron chi connectivity index (χ2n) is 13.1. The molecular weight excluding hydrogens is 715 g/mol. The lowest BCUT2D eigenvalue weighted by Gasteiger charge is -2.26. The highest BCUT2D eigenvalue weighted by Gasteiger charge is 2.32. The van der Waals surface area contributed by atoms with Crippen molar-refractivity contribution in [3.63, 3.8) is 0 Å². The van der Waals surface area contributed by atoms with E-state index in [-0.39, 0.29) is 28.8 Å². The molecule has 0 atom stereocenters. The predicted molar refractivity (Wildman–Crippen MR) is 197 cm³/mol. The molecule has 3 aromatic carbocycles. The summed E-state index contributed by atoms with van der Waals surface area (Å²) in [4.78, 5) is 25.1. The van der Waals surface area contributed by atoms with Crippen molar-refractivity contribution in [2.45, 2.75) is 55.7 Å². The molecule has 0 spiro atoms. The van der Waals surface area contributed by atoms with Crippen molar-refractivity contribution in [2.24, 2.45) is 0 Å². The molecule has 4 aromatic rings. The van der Waals surface area contributed by atoms with Gasteiger partial charge in [-0.15, -0.1) is 0 Å². The lowest BCUT2D eigenvalue weighted by Crippen LogP contribution is -2.36. The minimum absolute atomic E-state index is 0.0772. The number of ether oxygens (including phenoxy) is 4. The van der Waals surface area contributed by atoms with Gasteiger partial charge in [-0.05, 0) is 79.2 Å². The van der Waals surface area contributed by atoms with Gasteiger partial charge in [-0.1, -0.05) is 25.7 Å². The van der Waals surface area contributed by atoms with Crippen LogP contribution in [0.4, 0.5) is 5.69 Å². The molecule has 0 saturated carbocycles. The van der Waals surface area contributed by atoms with E-state index in [9.17, 15) is 26.4 Å². The molecule has 13 nitrogen and oxygen atoms in total. The Morgan fingerprint density at radius 1 is 0.784 bits per heavy atom. The Hall–Kier alpha value is -4.22. The molecule has 4 rings (SSSR count). The van der Waals surface area contributed by atoms with E-state index >= 15 is 0 Å². The van der Waals surface area contributed by atoms with E-state index < -0.39 is 53.0 Å². The van der Waals surface area contributed by atoms with Crippen LogP contribution >= 0.6 is 0 Å². The fraction of sp³-hybridized carbons (Fsp3) is 0.371. The maximum Gasteiger partial charge on any atom is 0.321 e. The largest absolute Gasteiger partial charge is 0.497 e. The van der Waals surface area contributed by atoms with Crippen molar-refractivity contribution in [3.8, 4) is 11.5 Å². The highest BCUT2D eigenvalue weighted by molar-refractivity contribution is 7.93. The third kappa shape index (κ3) is 9.56. The van der Waals surface area contributed by atoms with Crippen LogP contribution < -0.4 is 13.8 Å². The monoisotopic (exact) mass is 759 g/mol. The van der Waals surface area contributed by atoms with Crippen molar-refractivity contribution < 1.29 is 45.4 Å². The average Bonchev–Trinajstić information content (AvgIpc) is 3.45. The lowest BCUT2D eigenvalue weighted by atomic mass is 10.1. The van der Waals surface area contributed by atoms with Crippen LogP contribution in [-0.2, 0) is 52.4 Å². The lowest BCUT2D eigenvalue weighted by molar-refractivity contribution is -0.140. The Bertz CT molecular complexity index is 2060. The van der Waals surface area contributed by atoms with Crippen LogP contribution in [0.2, 0.25) is 25.7 Å². The van der Waals surface area contributed by atoms with Crippen LogP contribution in [0.25, 0.3) is 10.9 Å². The maximum absolute atomic E-state index is 14.3. The van der Waals surface area contributed by atoms with Gasteiger partial charge in [0.2, 0.25) is 10.0 Å². The van der Waals surface area contributed by atoms with Crippen LogP contribution in [0, 0.1) is 0 Å².